The maximum absolute atomic E-state index is 2.52. The van der Waals surface area contributed by atoms with Crippen LogP contribution in [0, 0.1) is 0 Å². The van der Waals surface area contributed by atoms with E-state index >= 15 is 0 Å². The van der Waals surface area contributed by atoms with Crippen LogP contribution < -0.4 is 4.90 Å². The predicted octanol–water partition coefficient (Wildman–Crippen LogP) is 10.3. The molecule has 40 heavy (non-hydrogen) atoms. The Morgan fingerprint density at radius 3 is 2.00 bits per heavy atom. The topological polar surface area (TPSA) is 3.24 Å². The fourth-order valence-electron chi connectivity index (χ4n) is 6.42. The van der Waals surface area contributed by atoms with Gasteiger partial charge < -0.3 is 4.90 Å². The lowest BCUT2D eigenvalue weighted by atomic mass is 9.79. The molecular formula is C38H27NS. The lowest BCUT2D eigenvalue weighted by Crippen LogP contribution is -2.24. The summed E-state index contributed by atoms with van der Waals surface area (Å²) in [6.07, 6.45) is 2.52. The summed E-state index contributed by atoms with van der Waals surface area (Å²) in [7, 11) is 0. The Bertz CT molecular complexity index is 1870. The Labute approximate surface area is 239 Å². The van der Waals surface area contributed by atoms with Crippen LogP contribution in [-0.4, -0.2) is 5.25 Å². The molecule has 0 bridgehead atoms. The van der Waals surface area contributed by atoms with Crippen molar-refractivity contribution in [3.8, 4) is 11.1 Å². The van der Waals surface area contributed by atoms with Crippen molar-refractivity contribution in [3.63, 3.8) is 0 Å². The second-order valence-electron chi connectivity index (χ2n) is 10.5. The van der Waals surface area contributed by atoms with Crippen LogP contribution in [0.5, 0.6) is 0 Å². The monoisotopic (exact) mass is 529 g/mol. The van der Waals surface area contributed by atoms with E-state index in [1.807, 2.05) is 11.8 Å². The van der Waals surface area contributed by atoms with Crippen molar-refractivity contribution in [1.82, 2.24) is 0 Å². The maximum Gasteiger partial charge on any atom is 0.0508 e. The molecule has 8 rings (SSSR count). The largest absolute Gasteiger partial charge is 0.310 e. The van der Waals surface area contributed by atoms with E-state index in [4.69, 9.17) is 0 Å². The summed E-state index contributed by atoms with van der Waals surface area (Å²) in [5.74, 6) is 0.337. The molecule has 2 aliphatic rings. The van der Waals surface area contributed by atoms with E-state index in [-0.39, 0.29) is 0 Å². The Hall–Kier alpha value is -4.53. The first-order valence-electron chi connectivity index (χ1n) is 13.9. The Morgan fingerprint density at radius 2 is 1.18 bits per heavy atom. The molecule has 1 heterocycles. The van der Waals surface area contributed by atoms with Gasteiger partial charge in [-0.1, -0.05) is 115 Å². The molecule has 6 aromatic rings. The van der Waals surface area contributed by atoms with E-state index in [2.05, 4.69) is 157 Å². The lowest BCUT2D eigenvalue weighted by molar-refractivity contribution is 0.844. The molecule has 1 nitrogen and oxygen atoms in total. The molecule has 0 N–H and O–H groups in total. The quantitative estimate of drug-likeness (QED) is 0.223. The third-order valence-electron chi connectivity index (χ3n) is 8.22. The van der Waals surface area contributed by atoms with Gasteiger partial charge in [0.25, 0.3) is 0 Å². The predicted molar refractivity (Wildman–Crippen MR) is 170 cm³/mol. The molecule has 0 aromatic heterocycles. The third kappa shape index (κ3) is 3.79. The molecule has 2 unspecified atom stereocenters. The normalized spacial score (nSPS) is 17.1. The van der Waals surface area contributed by atoms with Crippen molar-refractivity contribution in [2.75, 3.05) is 4.90 Å². The summed E-state index contributed by atoms with van der Waals surface area (Å²) >= 11 is 2.01. The summed E-state index contributed by atoms with van der Waals surface area (Å²) in [6.45, 7) is 0. The molecular weight excluding hydrogens is 502 g/mol. The first kappa shape index (κ1) is 23.4. The fourth-order valence-corrected chi connectivity index (χ4v) is 7.84. The SMILES string of the molecule is C1=C(N(c2ccccc2)c2ccc(-c3ccccc3)cc2)c2ccccc2C2c3c(ccc4ccccc34)SC12. The van der Waals surface area contributed by atoms with Crippen LogP contribution in [0.15, 0.2) is 157 Å². The first-order valence-corrected chi connectivity index (χ1v) is 14.7. The van der Waals surface area contributed by atoms with E-state index in [0.717, 1.165) is 5.69 Å². The van der Waals surface area contributed by atoms with Gasteiger partial charge in [-0.3, -0.25) is 0 Å². The summed E-state index contributed by atoms with van der Waals surface area (Å²) in [5, 5.41) is 3.03. The smallest absolute Gasteiger partial charge is 0.0508 e. The highest BCUT2D eigenvalue weighted by atomic mass is 32.2. The zero-order chi connectivity index (χ0) is 26.5. The van der Waals surface area contributed by atoms with Gasteiger partial charge in [0.1, 0.15) is 0 Å². The van der Waals surface area contributed by atoms with Crippen LogP contribution in [0.2, 0.25) is 0 Å². The van der Waals surface area contributed by atoms with E-state index in [0.29, 0.717) is 11.2 Å². The van der Waals surface area contributed by atoms with Crippen molar-refractivity contribution in [3.05, 3.63) is 168 Å². The van der Waals surface area contributed by atoms with Gasteiger partial charge in [-0.25, -0.2) is 0 Å². The second kappa shape index (κ2) is 9.59. The van der Waals surface area contributed by atoms with Crippen LogP contribution in [0.25, 0.3) is 27.6 Å². The van der Waals surface area contributed by atoms with Crippen molar-refractivity contribution in [2.45, 2.75) is 16.1 Å². The molecule has 0 saturated heterocycles. The number of para-hydroxylation sites is 1. The molecule has 0 fully saturated rings. The molecule has 0 spiro atoms. The second-order valence-corrected chi connectivity index (χ2v) is 11.7. The standard InChI is InChI=1S/C38H27NS/c1-3-11-26(12-4-1)27-19-22-30(23-20-27)39(29-14-5-2-6-15-29)34-25-36-38(33-18-10-9-17-32(33)34)37-31-16-8-7-13-28(31)21-24-35(37)40-36/h1-25,36,38H. The number of benzene rings is 6. The number of thioether (sulfide) groups is 1. The number of hydrogen-bond donors (Lipinski definition) is 0. The van der Waals surface area contributed by atoms with Gasteiger partial charge in [0.05, 0.1) is 5.70 Å². The van der Waals surface area contributed by atoms with Crippen LogP contribution in [0.4, 0.5) is 11.4 Å². The molecule has 2 atom stereocenters. The molecule has 0 amide bonds. The Balaban J connectivity index is 1.29. The van der Waals surface area contributed by atoms with E-state index in [9.17, 15) is 0 Å². The minimum absolute atomic E-state index is 0.334. The fraction of sp³-hybridized carbons (Fsp3) is 0.0526. The average molecular weight is 530 g/mol. The van der Waals surface area contributed by atoms with Gasteiger partial charge in [-0.2, -0.15) is 0 Å². The van der Waals surface area contributed by atoms with Crippen molar-refractivity contribution >= 4 is 39.6 Å². The zero-order valence-electron chi connectivity index (χ0n) is 21.9. The summed E-state index contributed by atoms with van der Waals surface area (Å²) in [6, 6.07) is 52.9. The van der Waals surface area contributed by atoms with Crippen LogP contribution in [0.3, 0.4) is 0 Å². The lowest BCUT2D eigenvalue weighted by Gasteiger charge is -2.35. The van der Waals surface area contributed by atoms with E-state index in [1.165, 1.54) is 54.9 Å². The van der Waals surface area contributed by atoms with Gasteiger partial charge >= 0.3 is 0 Å². The highest BCUT2D eigenvalue weighted by Crippen LogP contribution is 2.56. The summed E-state index contributed by atoms with van der Waals surface area (Å²) in [4.78, 5) is 3.84. The van der Waals surface area contributed by atoms with Gasteiger partial charge in [0, 0.05) is 33.0 Å². The molecule has 0 saturated carbocycles. The average Bonchev–Trinajstić information content (AvgIpc) is 3.42. The minimum atomic E-state index is 0.334. The van der Waals surface area contributed by atoms with Gasteiger partial charge in [0.2, 0.25) is 0 Å². The number of rotatable bonds is 4. The number of anilines is 2. The molecule has 6 aromatic carbocycles. The third-order valence-corrected chi connectivity index (χ3v) is 9.51. The van der Waals surface area contributed by atoms with Crippen LogP contribution >= 0.6 is 11.8 Å². The summed E-state index contributed by atoms with van der Waals surface area (Å²) in [5.41, 5.74) is 10.2. The highest BCUT2D eigenvalue weighted by molar-refractivity contribution is 8.00. The van der Waals surface area contributed by atoms with Gasteiger partial charge in [-0.05, 0) is 69.4 Å². The van der Waals surface area contributed by atoms with Crippen molar-refractivity contribution in [2.24, 2.45) is 0 Å². The maximum atomic E-state index is 2.52. The number of nitrogens with zero attached hydrogens (tertiary/aromatic N) is 1. The zero-order valence-corrected chi connectivity index (χ0v) is 22.8. The van der Waals surface area contributed by atoms with E-state index in [1.54, 1.807) is 0 Å². The van der Waals surface area contributed by atoms with Crippen LogP contribution in [0.1, 0.15) is 22.6 Å². The molecule has 1 aliphatic heterocycles. The Kier molecular flexibility index (Phi) is 5.60. The number of hydrogen-bond acceptors (Lipinski definition) is 2. The van der Waals surface area contributed by atoms with Crippen molar-refractivity contribution in [1.29, 1.82) is 0 Å². The number of fused-ring (bicyclic) bond motifs is 7. The Morgan fingerprint density at radius 1 is 0.525 bits per heavy atom. The van der Waals surface area contributed by atoms with Crippen LogP contribution in [-0.2, 0) is 0 Å². The van der Waals surface area contributed by atoms with Gasteiger partial charge in [-0.15, -0.1) is 11.8 Å². The first-order chi connectivity index (χ1) is 19.8. The van der Waals surface area contributed by atoms with Gasteiger partial charge in [0.15, 0.2) is 0 Å². The van der Waals surface area contributed by atoms with Crippen molar-refractivity contribution < 1.29 is 0 Å². The highest BCUT2D eigenvalue weighted by Gasteiger charge is 2.40. The molecule has 1 aliphatic carbocycles. The van der Waals surface area contributed by atoms with E-state index < -0.39 is 0 Å². The molecule has 0 radical (unpaired) electrons. The molecule has 2 heteroatoms. The minimum Gasteiger partial charge on any atom is -0.310 e. The molecule has 190 valence electrons. The summed E-state index contributed by atoms with van der Waals surface area (Å²) < 4.78 is 0.